The Morgan fingerprint density at radius 3 is 2.06 bits per heavy atom. The fourth-order valence-electron chi connectivity index (χ4n) is 3.71. The molecule has 0 bridgehead atoms. The summed E-state index contributed by atoms with van der Waals surface area (Å²) in [4.78, 5) is 17.0. The van der Waals surface area contributed by atoms with Crippen LogP contribution in [-0.4, -0.2) is 18.0 Å². The highest BCUT2D eigenvalue weighted by Crippen LogP contribution is 2.31. The van der Waals surface area contributed by atoms with Crippen molar-refractivity contribution in [1.29, 1.82) is 0 Å². The van der Waals surface area contributed by atoms with Crippen molar-refractivity contribution in [2.75, 3.05) is 12.4 Å². The van der Waals surface area contributed by atoms with Crippen LogP contribution in [0.5, 0.6) is 5.75 Å². The molecule has 3 aromatic carbocycles. The molecule has 4 rings (SSSR count). The summed E-state index contributed by atoms with van der Waals surface area (Å²) in [6, 6.07) is 30.0. The standard InChI is InChI=1S/C27H24N2O2/c1-31-26-19-28-17-16-24(26)22-12-14-23(15-13-22)29-27(30)18-25(20-8-4-2-5-9-20)21-10-6-3-7-11-21/h2-17,19,25H,18H2,1H3,(H,29,30). The van der Waals surface area contributed by atoms with Crippen LogP contribution in [0.1, 0.15) is 23.5 Å². The van der Waals surface area contributed by atoms with Crippen LogP contribution in [-0.2, 0) is 4.79 Å². The Labute approximate surface area is 182 Å². The van der Waals surface area contributed by atoms with Crippen LogP contribution in [0.4, 0.5) is 5.69 Å². The number of carbonyl (C=O) groups is 1. The maximum Gasteiger partial charge on any atom is 0.225 e. The van der Waals surface area contributed by atoms with Gasteiger partial charge in [-0.25, -0.2) is 0 Å². The molecule has 0 unspecified atom stereocenters. The molecule has 0 aliphatic rings. The molecule has 4 heteroatoms. The van der Waals surface area contributed by atoms with Gasteiger partial charge in [-0.1, -0.05) is 72.8 Å². The second-order valence-electron chi connectivity index (χ2n) is 7.28. The second kappa shape index (κ2) is 9.72. The van der Waals surface area contributed by atoms with E-state index < -0.39 is 0 Å². The zero-order valence-electron chi connectivity index (χ0n) is 17.4. The molecule has 0 saturated carbocycles. The van der Waals surface area contributed by atoms with E-state index in [1.165, 1.54) is 0 Å². The van der Waals surface area contributed by atoms with Gasteiger partial charge in [0.15, 0.2) is 0 Å². The number of benzene rings is 3. The molecule has 0 saturated heterocycles. The fourth-order valence-corrected chi connectivity index (χ4v) is 3.71. The molecule has 0 aliphatic heterocycles. The average molecular weight is 409 g/mol. The van der Waals surface area contributed by atoms with E-state index >= 15 is 0 Å². The molecule has 154 valence electrons. The first-order valence-corrected chi connectivity index (χ1v) is 10.2. The molecule has 1 N–H and O–H groups in total. The summed E-state index contributed by atoms with van der Waals surface area (Å²) in [6.45, 7) is 0. The normalized spacial score (nSPS) is 10.6. The van der Waals surface area contributed by atoms with E-state index in [2.05, 4.69) is 34.6 Å². The Morgan fingerprint density at radius 1 is 0.871 bits per heavy atom. The minimum Gasteiger partial charge on any atom is -0.494 e. The summed E-state index contributed by atoms with van der Waals surface area (Å²) in [7, 11) is 1.63. The Hall–Kier alpha value is -3.92. The van der Waals surface area contributed by atoms with Crippen LogP contribution in [0.2, 0.25) is 0 Å². The summed E-state index contributed by atoms with van der Waals surface area (Å²) >= 11 is 0. The number of anilines is 1. The first-order valence-electron chi connectivity index (χ1n) is 10.2. The topological polar surface area (TPSA) is 51.2 Å². The van der Waals surface area contributed by atoms with Crippen molar-refractivity contribution in [2.24, 2.45) is 0 Å². The van der Waals surface area contributed by atoms with E-state index in [1.807, 2.05) is 66.7 Å². The third kappa shape index (κ3) is 4.98. The number of carbonyl (C=O) groups excluding carboxylic acids is 1. The van der Waals surface area contributed by atoms with Crippen molar-refractivity contribution in [3.05, 3.63) is 115 Å². The summed E-state index contributed by atoms with van der Waals surface area (Å²) in [6.07, 6.45) is 3.80. The number of ether oxygens (including phenoxy) is 1. The number of nitrogens with one attached hydrogen (secondary N) is 1. The highest BCUT2D eigenvalue weighted by Gasteiger charge is 2.18. The predicted molar refractivity (Wildman–Crippen MR) is 124 cm³/mol. The summed E-state index contributed by atoms with van der Waals surface area (Å²) in [5.41, 5.74) is 4.99. The number of hydrogen-bond acceptors (Lipinski definition) is 3. The molecule has 0 aliphatic carbocycles. The maximum atomic E-state index is 12.9. The number of amides is 1. The van der Waals surface area contributed by atoms with Gasteiger partial charge in [0.25, 0.3) is 0 Å². The molecule has 31 heavy (non-hydrogen) atoms. The van der Waals surface area contributed by atoms with Crippen LogP contribution in [0.15, 0.2) is 103 Å². The lowest BCUT2D eigenvalue weighted by Gasteiger charge is -2.18. The van der Waals surface area contributed by atoms with Gasteiger partial charge in [0.05, 0.1) is 13.3 Å². The summed E-state index contributed by atoms with van der Waals surface area (Å²) in [5.74, 6) is 0.697. The predicted octanol–water partition coefficient (Wildman–Crippen LogP) is 5.92. The van der Waals surface area contributed by atoms with Crippen molar-refractivity contribution < 1.29 is 9.53 Å². The van der Waals surface area contributed by atoms with E-state index in [4.69, 9.17) is 4.74 Å². The van der Waals surface area contributed by atoms with Gasteiger partial charge in [-0.05, 0) is 34.9 Å². The number of pyridine rings is 1. The van der Waals surface area contributed by atoms with Gasteiger partial charge >= 0.3 is 0 Å². The van der Waals surface area contributed by atoms with E-state index in [0.29, 0.717) is 12.2 Å². The lowest BCUT2D eigenvalue weighted by Crippen LogP contribution is -2.16. The Kier molecular flexibility index (Phi) is 6.38. The SMILES string of the molecule is COc1cnccc1-c1ccc(NC(=O)CC(c2ccccc2)c2ccccc2)cc1. The zero-order chi connectivity index (χ0) is 21.5. The lowest BCUT2D eigenvalue weighted by atomic mass is 9.88. The van der Waals surface area contributed by atoms with E-state index in [-0.39, 0.29) is 11.8 Å². The monoisotopic (exact) mass is 408 g/mol. The van der Waals surface area contributed by atoms with Crippen molar-refractivity contribution >= 4 is 11.6 Å². The molecule has 1 aromatic heterocycles. The van der Waals surface area contributed by atoms with Crippen LogP contribution in [0, 0.1) is 0 Å². The molecular weight excluding hydrogens is 384 g/mol. The highest BCUT2D eigenvalue weighted by molar-refractivity contribution is 5.92. The molecule has 1 heterocycles. The maximum absolute atomic E-state index is 12.9. The van der Waals surface area contributed by atoms with Gasteiger partial charge in [-0.15, -0.1) is 0 Å². The molecule has 0 fully saturated rings. The number of nitrogens with zero attached hydrogens (tertiary/aromatic N) is 1. The van der Waals surface area contributed by atoms with Gasteiger partial charge in [0.2, 0.25) is 5.91 Å². The quantitative estimate of drug-likeness (QED) is 0.413. The number of methoxy groups -OCH3 is 1. The number of hydrogen-bond donors (Lipinski definition) is 1. The van der Waals surface area contributed by atoms with Gasteiger partial charge in [0.1, 0.15) is 5.75 Å². The lowest BCUT2D eigenvalue weighted by molar-refractivity contribution is -0.116. The van der Waals surface area contributed by atoms with Crippen LogP contribution in [0.3, 0.4) is 0 Å². The van der Waals surface area contributed by atoms with Crippen molar-refractivity contribution in [3.63, 3.8) is 0 Å². The molecule has 0 spiro atoms. The molecule has 4 aromatic rings. The number of rotatable bonds is 7. The second-order valence-corrected chi connectivity index (χ2v) is 7.28. The summed E-state index contributed by atoms with van der Waals surface area (Å²) in [5, 5.41) is 3.04. The third-order valence-electron chi connectivity index (χ3n) is 5.28. The molecule has 1 amide bonds. The number of aromatic nitrogens is 1. The Balaban J connectivity index is 1.49. The van der Waals surface area contributed by atoms with Gasteiger partial charge < -0.3 is 10.1 Å². The van der Waals surface area contributed by atoms with Crippen LogP contribution >= 0.6 is 0 Å². The van der Waals surface area contributed by atoms with Gasteiger partial charge in [-0.3, -0.25) is 9.78 Å². The largest absolute Gasteiger partial charge is 0.494 e. The Morgan fingerprint density at radius 2 is 1.48 bits per heavy atom. The van der Waals surface area contributed by atoms with Crippen molar-refractivity contribution in [3.8, 4) is 16.9 Å². The van der Waals surface area contributed by atoms with Crippen molar-refractivity contribution in [1.82, 2.24) is 4.98 Å². The van der Waals surface area contributed by atoms with Crippen LogP contribution in [0.25, 0.3) is 11.1 Å². The minimum absolute atomic E-state index is 0.00255. The first-order chi connectivity index (χ1) is 15.2. The fraction of sp³-hybridized carbons (Fsp3) is 0.111. The van der Waals surface area contributed by atoms with Crippen molar-refractivity contribution in [2.45, 2.75) is 12.3 Å². The molecule has 4 nitrogen and oxygen atoms in total. The van der Waals surface area contributed by atoms with Gasteiger partial charge in [-0.2, -0.15) is 0 Å². The van der Waals surface area contributed by atoms with E-state index in [0.717, 1.165) is 27.9 Å². The Bertz CT molecular complexity index is 1090. The highest BCUT2D eigenvalue weighted by atomic mass is 16.5. The summed E-state index contributed by atoms with van der Waals surface area (Å²) < 4.78 is 5.39. The smallest absolute Gasteiger partial charge is 0.225 e. The third-order valence-corrected chi connectivity index (χ3v) is 5.28. The van der Waals surface area contributed by atoms with E-state index in [1.54, 1.807) is 19.5 Å². The molecule has 0 atom stereocenters. The average Bonchev–Trinajstić information content (AvgIpc) is 2.84. The molecule has 0 radical (unpaired) electrons. The minimum atomic E-state index is -0.0213. The van der Waals surface area contributed by atoms with E-state index in [9.17, 15) is 4.79 Å². The zero-order valence-corrected chi connectivity index (χ0v) is 17.4. The first kappa shape index (κ1) is 20.4. The van der Waals surface area contributed by atoms with Gasteiger partial charge in [0, 0.05) is 29.8 Å². The molecular formula is C27H24N2O2. The van der Waals surface area contributed by atoms with Crippen LogP contribution < -0.4 is 10.1 Å².